The van der Waals surface area contributed by atoms with E-state index in [1.807, 2.05) is 0 Å². The molecule has 3 rings (SSSR count). The van der Waals surface area contributed by atoms with Crippen LogP contribution in [0.2, 0.25) is 0 Å². The van der Waals surface area contributed by atoms with Gasteiger partial charge in [0.2, 0.25) is 10.0 Å². The summed E-state index contributed by atoms with van der Waals surface area (Å²) in [7, 11) is -2.23. The summed E-state index contributed by atoms with van der Waals surface area (Å²) < 4.78 is 37.3. The molecule has 1 fully saturated rings. The maximum absolute atomic E-state index is 12.9. The quantitative estimate of drug-likeness (QED) is 0.369. The van der Waals surface area contributed by atoms with Gasteiger partial charge in [-0.15, -0.1) is 0 Å². The van der Waals surface area contributed by atoms with E-state index < -0.39 is 26.8 Å². The second-order valence-electron chi connectivity index (χ2n) is 6.54. The van der Waals surface area contributed by atoms with Gasteiger partial charge in [0.15, 0.2) is 0 Å². The molecule has 1 saturated heterocycles. The molecule has 29 heavy (non-hydrogen) atoms. The second-order valence-corrected chi connectivity index (χ2v) is 9.36. The number of hydrogen-bond donors (Lipinski definition) is 0. The number of hydrogen-bond acceptors (Lipinski definition) is 8. The highest BCUT2D eigenvalue weighted by Crippen LogP contribution is 2.27. The van der Waals surface area contributed by atoms with Gasteiger partial charge >= 0.3 is 11.0 Å². The van der Waals surface area contributed by atoms with Gasteiger partial charge in [0, 0.05) is 30.1 Å². The Morgan fingerprint density at radius 1 is 1.34 bits per heavy atom. The zero-order valence-corrected chi connectivity index (χ0v) is 17.3. The number of thiophene rings is 1. The number of esters is 1. The minimum atomic E-state index is -3.73. The van der Waals surface area contributed by atoms with Crippen LogP contribution in [0.15, 0.2) is 40.6 Å². The van der Waals surface area contributed by atoms with E-state index in [0.29, 0.717) is 30.7 Å². The van der Waals surface area contributed by atoms with Crippen LogP contribution in [-0.2, 0) is 26.2 Å². The van der Waals surface area contributed by atoms with Crippen LogP contribution in [0.1, 0.15) is 18.4 Å². The summed E-state index contributed by atoms with van der Waals surface area (Å²) in [6.45, 7) is 0.288. The predicted octanol–water partition coefficient (Wildman–Crippen LogP) is 2.81. The summed E-state index contributed by atoms with van der Waals surface area (Å²) in [4.78, 5) is 22.8. The minimum Gasteiger partial charge on any atom is -0.497 e. The smallest absolute Gasteiger partial charge is 0.324 e. The van der Waals surface area contributed by atoms with Crippen molar-refractivity contribution in [3.8, 4) is 5.75 Å². The van der Waals surface area contributed by atoms with Gasteiger partial charge in [0.25, 0.3) is 0 Å². The third kappa shape index (κ3) is 4.92. The van der Waals surface area contributed by atoms with Crippen LogP contribution in [0.4, 0.5) is 5.00 Å². The van der Waals surface area contributed by atoms with Crippen LogP contribution < -0.4 is 4.74 Å². The lowest BCUT2D eigenvalue weighted by Gasteiger charge is -2.30. The molecule has 1 aliphatic heterocycles. The van der Waals surface area contributed by atoms with Crippen LogP contribution in [0, 0.1) is 16.0 Å². The molecule has 0 amide bonds. The van der Waals surface area contributed by atoms with Crippen molar-refractivity contribution in [3.05, 3.63) is 51.4 Å². The molecule has 0 bridgehead atoms. The lowest BCUT2D eigenvalue weighted by molar-refractivity contribution is -0.380. The molecule has 0 aliphatic carbocycles. The van der Waals surface area contributed by atoms with E-state index in [1.54, 1.807) is 17.5 Å². The molecule has 1 unspecified atom stereocenters. The van der Waals surface area contributed by atoms with Crippen molar-refractivity contribution in [3.63, 3.8) is 0 Å². The van der Waals surface area contributed by atoms with Crippen molar-refractivity contribution < 1.29 is 27.6 Å². The lowest BCUT2D eigenvalue weighted by atomic mass is 10.00. The van der Waals surface area contributed by atoms with Crippen LogP contribution in [0.25, 0.3) is 0 Å². The molecule has 156 valence electrons. The van der Waals surface area contributed by atoms with Gasteiger partial charge in [-0.2, -0.15) is 4.31 Å². The highest BCUT2D eigenvalue weighted by molar-refractivity contribution is 7.89. The Labute approximate surface area is 172 Å². The third-order valence-corrected chi connectivity index (χ3v) is 7.42. The average molecular weight is 440 g/mol. The Kier molecular flexibility index (Phi) is 6.50. The SMILES string of the molecule is COc1ccc(S(=O)(=O)N2CCCC(C(=O)OCc3csc([N+](=O)[O-])c3)C2)cc1. The van der Waals surface area contributed by atoms with Crippen LogP contribution in [0.5, 0.6) is 5.75 Å². The lowest BCUT2D eigenvalue weighted by Crippen LogP contribution is -2.42. The molecule has 11 heteroatoms. The van der Waals surface area contributed by atoms with E-state index in [1.165, 1.54) is 29.6 Å². The van der Waals surface area contributed by atoms with Crippen molar-refractivity contribution in [2.45, 2.75) is 24.3 Å². The van der Waals surface area contributed by atoms with Crippen molar-refractivity contribution in [1.82, 2.24) is 4.31 Å². The molecule has 9 nitrogen and oxygen atoms in total. The van der Waals surface area contributed by atoms with E-state index in [9.17, 15) is 23.3 Å². The van der Waals surface area contributed by atoms with E-state index in [4.69, 9.17) is 9.47 Å². The molecule has 2 aromatic rings. The Hall–Kier alpha value is -2.50. The molecule has 0 saturated carbocycles. The van der Waals surface area contributed by atoms with Gasteiger partial charge in [0.1, 0.15) is 12.4 Å². The average Bonchev–Trinajstić information content (AvgIpc) is 3.21. The summed E-state index contributed by atoms with van der Waals surface area (Å²) in [5.74, 6) is -0.531. The predicted molar refractivity (Wildman–Crippen MR) is 105 cm³/mol. The van der Waals surface area contributed by atoms with E-state index in [2.05, 4.69) is 0 Å². The van der Waals surface area contributed by atoms with Gasteiger partial charge in [-0.05, 0) is 37.1 Å². The van der Waals surface area contributed by atoms with Crippen molar-refractivity contribution in [2.75, 3.05) is 20.2 Å². The van der Waals surface area contributed by atoms with Crippen LogP contribution in [-0.4, -0.2) is 43.8 Å². The molecular weight excluding hydrogens is 420 g/mol. The maximum atomic E-state index is 12.9. The van der Waals surface area contributed by atoms with Gasteiger partial charge < -0.3 is 9.47 Å². The van der Waals surface area contributed by atoms with E-state index in [-0.39, 0.29) is 23.0 Å². The first-order valence-corrected chi connectivity index (χ1v) is 11.2. The highest BCUT2D eigenvalue weighted by atomic mass is 32.2. The molecule has 1 aliphatic rings. The highest BCUT2D eigenvalue weighted by Gasteiger charge is 2.34. The van der Waals surface area contributed by atoms with Crippen molar-refractivity contribution >= 4 is 32.3 Å². The number of benzene rings is 1. The number of carbonyl (C=O) groups excluding carboxylic acids is 1. The fourth-order valence-corrected chi connectivity index (χ4v) is 5.29. The Morgan fingerprint density at radius 3 is 2.69 bits per heavy atom. The number of methoxy groups -OCH3 is 1. The molecule has 1 aromatic carbocycles. The molecule has 0 radical (unpaired) electrons. The van der Waals surface area contributed by atoms with Gasteiger partial charge in [0.05, 0.1) is 22.8 Å². The van der Waals surface area contributed by atoms with Crippen LogP contribution >= 0.6 is 11.3 Å². The topological polar surface area (TPSA) is 116 Å². The molecule has 1 aromatic heterocycles. The molecular formula is C18H20N2O7S2. The molecule has 0 spiro atoms. The maximum Gasteiger partial charge on any atom is 0.324 e. The first kappa shape index (κ1) is 21.2. The largest absolute Gasteiger partial charge is 0.497 e. The monoisotopic (exact) mass is 440 g/mol. The van der Waals surface area contributed by atoms with E-state index in [0.717, 1.165) is 11.3 Å². The van der Waals surface area contributed by atoms with Crippen molar-refractivity contribution in [1.29, 1.82) is 0 Å². The summed E-state index contributed by atoms with van der Waals surface area (Å²) in [5, 5.41) is 12.3. The standard InChI is InChI=1S/C18H20N2O7S2/c1-26-15-4-6-16(7-5-15)29(24,25)19-8-2-3-14(10-19)18(21)27-11-13-9-17(20(22)23)28-12-13/h4-7,9,12,14H,2-3,8,10-11H2,1H3. The fraction of sp³-hybridized carbons (Fsp3) is 0.389. The van der Waals surface area contributed by atoms with Gasteiger partial charge in [-0.25, -0.2) is 8.42 Å². The minimum absolute atomic E-state index is 0.0227. The third-order valence-electron chi connectivity index (χ3n) is 4.62. The van der Waals surface area contributed by atoms with Gasteiger partial charge in [-0.3, -0.25) is 14.9 Å². The summed E-state index contributed by atoms with van der Waals surface area (Å²) >= 11 is 0.962. The first-order chi connectivity index (χ1) is 13.8. The molecule has 1 atom stereocenters. The summed E-state index contributed by atoms with van der Waals surface area (Å²) in [6.07, 6.45) is 1.07. The number of sulfonamides is 1. The Balaban J connectivity index is 1.62. The normalized spacial score (nSPS) is 17.6. The zero-order valence-electron chi connectivity index (χ0n) is 15.6. The fourth-order valence-electron chi connectivity index (χ4n) is 3.06. The molecule has 0 N–H and O–H groups in total. The number of carbonyl (C=O) groups is 1. The number of nitrogens with zero attached hydrogens (tertiary/aromatic N) is 2. The summed E-state index contributed by atoms with van der Waals surface area (Å²) in [5.41, 5.74) is 0.536. The number of rotatable bonds is 7. The van der Waals surface area contributed by atoms with E-state index >= 15 is 0 Å². The summed E-state index contributed by atoms with van der Waals surface area (Å²) in [6, 6.07) is 7.45. The number of piperidine rings is 1. The zero-order chi connectivity index (χ0) is 21.0. The number of ether oxygens (including phenoxy) is 2. The van der Waals surface area contributed by atoms with Gasteiger partial charge in [-0.1, -0.05) is 11.3 Å². The molecule has 2 heterocycles. The van der Waals surface area contributed by atoms with Crippen LogP contribution in [0.3, 0.4) is 0 Å². The Morgan fingerprint density at radius 2 is 2.07 bits per heavy atom. The number of nitro groups is 1. The second kappa shape index (κ2) is 8.89. The Bertz CT molecular complexity index is 986. The van der Waals surface area contributed by atoms with Crippen molar-refractivity contribution in [2.24, 2.45) is 5.92 Å². The first-order valence-electron chi connectivity index (χ1n) is 8.84.